The van der Waals surface area contributed by atoms with Gasteiger partial charge in [-0.05, 0) is 41.9 Å². The van der Waals surface area contributed by atoms with E-state index in [9.17, 15) is 8.78 Å². The van der Waals surface area contributed by atoms with Crippen molar-refractivity contribution in [2.24, 2.45) is 4.99 Å². The van der Waals surface area contributed by atoms with E-state index in [-0.39, 0.29) is 35.6 Å². The van der Waals surface area contributed by atoms with Crippen molar-refractivity contribution in [1.82, 2.24) is 15.5 Å². The van der Waals surface area contributed by atoms with Gasteiger partial charge in [-0.1, -0.05) is 25.1 Å². The molecule has 5 nitrogen and oxygen atoms in total. The number of piperazine rings is 1. The summed E-state index contributed by atoms with van der Waals surface area (Å²) >= 11 is 0. The molecule has 0 saturated carbocycles. The van der Waals surface area contributed by atoms with E-state index in [1.807, 2.05) is 18.2 Å². The lowest BCUT2D eigenvalue weighted by Crippen LogP contribution is -2.46. The number of likely N-dealkylation sites (N-methyl/N-ethyl adjacent to an activating group) is 1. The molecular weight excluding hydrogens is 499 g/mol. The van der Waals surface area contributed by atoms with Gasteiger partial charge in [0.15, 0.2) is 5.96 Å². The molecule has 1 heterocycles. The maximum Gasteiger partial charge on any atom is 0.191 e. The van der Waals surface area contributed by atoms with E-state index >= 15 is 0 Å². The lowest BCUT2D eigenvalue weighted by atomic mass is 10.1. The van der Waals surface area contributed by atoms with E-state index in [0.29, 0.717) is 24.7 Å². The van der Waals surface area contributed by atoms with Crippen molar-refractivity contribution >= 4 is 35.6 Å². The Morgan fingerprint density at radius 2 is 1.63 bits per heavy atom. The minimum absolute atomic E-state index is 0. The van der Waals surface area contributed by atoms with E-state index in [0.717, 1.165) is 43.9 Å². The summed E-state index contributed by atoms with van der Waals surface area (Å²) in [4.78, 5) is 8.64. The van der Waals surface area contributed by atoms with Gasteiger partial charge < -0.3 is 20.4 Å². The first-order valence-electron chi connectivity index (χ1n) is 10.0. The Balaban J connectivity index is 0.00000320. The van der Waals surface area contributed by atoms with Crippen LogP contribution in [-0.4, -0.2) is 50.6 Å². The zero-order valence-corrected chi connectivity index (χ0v) is 19.8. The van der Waals surface area contributed by atoms with E-state index in [4.69, 9.17) is 0 Å². The van der Waals surface area contributed by atoms with Crippen molar-refractivity contribution in [2.45, 2.75) is 20.0 Å². The van der Waals surface area contributed by atoms with E-state index in [1.165, 1.54) is 12.1 Å². The molecule has 164 valence electrons. The Labute approximate surface area is 194 Å². The topological polar surface area (TPSA) is 42.9 Å². The molecule has 2 N–H and O–H groups in total. The number of benzene rings is 2. The van der Waals surface area contributed by atoms with Crippen molar-refractivity contribution < 1.29 is 8.78 Å². The van der Waals surface area contributed by atoms with Gasteiger partial charge in [-0.25, -0.2) is 8.78 Å². The average Bonchev–Trinajstić information content (AvgIpc) is 2.74. The van der Waals surface area contributed by atoms with E-state index in [2.05, 4.69) is 32.3 Å². The van der Waals surface area contributed by atoms with Crippen LogP contribution in [0.3, 0.4) is 0 Å². The van der Waals surface area contributed by atoms with Crippen LogP contribution in [0, 0.1) is 11.6 Å². The molecule has 1 aliphatic rings. The second-order valence-corrected chi connectivity index (χ2v) is 7.12. The van der Waals surface area contributed by atoms with Crippen molar-refractivity contribution in [3.05, 3.63) is 65.2 Å². The van der Waals surface area contributed by atoms with Crippen LogP contribution in [0.4, 0.5) is 14.5 Å². The SMILES string of the molecule is CCN1CCN(c2ccc(CNC(=NC)NCc3cccc(F)c3)cc2F)CC1.I. The summed E-state index contributed by atoms with van der Waals surface area (Å²) in [5, 5.41) is 6.30. The molecule has 0 spiro atoms. The minimum atomic E-state index is -0.265. The second-order valence-electron chi connectivity index (χ2n) is 7.12. The normalized spacial score (nSPS) is 14.9. The number of halogens is 3. The van der Waals surface area contributed by atoms with Gasteiger partial charge in [0, 0.05) is 46.3 Å². The van der Waals surface area contributed by atoms with E-state index < -0.39 is 0 Å². The highest BCUT2D eigenvalue weighted by Crippen LogP contribution is 2.22. The highest BCUT2D eigenvalue weighted by Gasteiger charge is 2.18. The summed E-state index contributed by atoms with van der Waals surface area (Å²) in [7, 11) is 1.67. The fourth-order valence-electron chi connectivity index (χ4n) is 3.46. The fourth-order valence-corrected chi connectivity index (χ4v) is 3.46. The van der Waals surface area contributed by atoms with Crippen LogP contribution in [0.5, 0.6) is 0 Å². The molecule has 2 aromatic rings. The Kier molecular flexibility index (Phi) is 9.77. The van der Waals surface area contributed by atoms with Crippen molar-refractivity contribution in [3.63, 3.8) is 0 Å². The number of rotatable bonds is 6. The number of nitrogens with zero attached hydrogens (tertiary/aromatic N) is 3. The average molecular weight is 529 g/mol. The number of hydrogen-bond acceptors (Lipinski definition) is 3. The number of aliphatic imine (C=N–C) groups is 1. The summed E-state index contributed by atoms with van der Waals surface area (Å²) in [5.74, 6) is 0.116. The smallest absolute Gasteiger partial charge is 0.191 e. The van der Waals surface area contributed by atoms with Gasteiger partial charge in [-0.15, -0.1) is 24.0 Å². The summed E-state index contributed by atoms with van der Waals surface area (Å²) < 4.78 is 27.9. The minimum Gasteiger partial charge on any atom is -0.367 e. The molecule has 1 fully saturated rings. The van der Waals surface area contributed by atoms with Crippen LogP contribution in [0.2, 0.25) is 0 Å². The number of guanidine groups is 1. The van der Waals surface area contributed by atoms with Crippen molar-refractivity contribution in [1.29, 1.82) is 0 Å². The molecule has 0 atom stereocenters. The zero-order chi connectivity index (χ0) is 20.6. The molecule has 3 rings (SSSR count). The molecule has 0 aromatic heterocycles. The predicted molar refractivity (Wildman–Crippen MR) is 130 cm³/mol. The molecule has 0 radical (unpaired) electrons. The van der Waals surface area contributed by atoms with Crippen molar-refractivity contribution in [3.8, 4) is 0 Å². The standard InChI is InChI=1S/C22H29F2N5.HI/c1-3-28-9-11-29(12-10-28)21-8-7-18(14-20(21)24)16-27-22(25-2)26-15-17-5-4-6-19(23)13-17;/h4-8,13-14H,3,9-12,15-16H2,1-2H3,(H2,25,26,27);1H. The van der Waals surface area contributed by atoms with Crippen LogP contribution in [0.1, 0.15) is 18.1 Å². The largest absolute Gasteiger partial charge is 0.367 e. The first-order chi connectivity index (χ1) is 14.1. The van der Waals surface area contributed by atoms with Gasteiger partial charge in [0.25, 0.3) is 0 Å². The van der Waals surface area contributed by atoms with E-state index in [1.54, 1.807) is 19.2 Å². The third kappa shape index (κ3) is 6.80. The van der Waals surface area contributed by atoms with Gasteiger partial charge in [-0.2, -0.15) is 0 Å². The van der Waals surface area contributed by atoms with Gasteiger partial charge in [0.2, 0.25) is 0 Å². The summed E-state index contributed by atoms with van der Waals surface area (Å²) in [6.45, 7) is 7.71. The van der Waals surface area contributed by atoms with Gasteiger partial charge >= 0.3 is 0 Å². The first kappa shape index (κ1) is 24.3. The Morgan fingerprint density at radius 3 is 2.20 bits per heavy atom. The quantitative estimate of drug-likeness (QED) is 0.341. The van der Waals surface area contributed by atoms with Gasteiger partial charge in [0.1, 0.15) is 11.6 Å². The predicted octanol–water partition coefficient (Wildman–Crippen LogP) is 3.59. The van der Waals surface area contributed by atoms with Crippen LogP contribution >= 0.6 is 24.0 Å². The molecule has 1 saturated heterocycles. The van der Waals surface area contributed by atoms with Gasteiger partial charge in [-0.3, -0.25) is 4.99 Å². The lowest BCUT2D eigenvalue weighted by Gasteiger charge is -2.35. The molecule has 8 heteroatoms. The van der Waals surface area contributed by atoms with Crippen LogP contribution in [0.25, 0.3) is 0 Å². The van der Waals surface area contributed by atoms with Crippen LogP contribution < -0.4 is 15.5 Å². The number of nitrogens with one attached hydrogen (secondary N) is 2. The number of hydrogen-bond donors (Lipinski definition) is 2. The maximum atomic E-state index is 14.7. The number of anilines is 1. The Morgan fingerprint density at radius 1 is 0.967 bits per heavy atom. The molecule has 0 bridgehead atoms. The molecule has 30 heavy (non-hydrogen) atoms. The molecular formula is C22H30F2IN5. The summed E-state index contributed by atoms with van der Waals surface area (Å²) in [6.07, 6.45) is 0. The molecule has 0 aliphatic carbocycles. The first-order valence-corrected chi connectivity index (χ1v) is 10.0. The van der Waals surface area contributed by atoms with Crippen LogP contribution in [-0.2, 0) is 13.1 Å². The summed E-state index contributed by atoms with van der Waals surface area (Å²) in [6, 6.07) is 11.8. The van der Waals surface area contributed by atoms with Crippen LogP contribution in [0.15, 0.2) is 47.5 Å². The van der Waals surface area contributed by atoms with Crippen molar-refractivity contribution in [2.75, 3.05) is 44.7 Å². The maximum absolute atomic E-state index is 14.7. The monoisotopic (exact) mass is 529 g/mol. The third-order valence-electron chi connectivity index (χ3n) is 5.20. The molecule has 1 aliphatic heterocycles. The fraction of sp³-hybridized carbons (Fsp3) is 0.409. The molecule has 0 unspecified atom stereocenters. The van der Waals surface area contributed by atoms with Gasteiger partial charge in [0.05, 0.1) is 5.69 Å². The third-order valence-corrected chi connectivity index (χ3v) is 5.20. The highest BCUT2D eigenvalue weighted by molar-refractivity contribution is 14.0. The summed E-state index contributed by atoms with van der Waals surface area (Å²) in [5.41, 5.74) is 2.33. The highest BCUT2D eigenvalue weighted by atomic mass is 127. The second kappa shape index (κ2) is 12.0. The lowest BCUT2D eigenvalue weighted by molar-refractivity contribution is 0.270. The zero-order valence-electron chi connectivity index (χ0n) is 17.5. The molecule has 0 amide bonds. The Bertz CT molecular complexity index is 838. The Hall–Kier alpha value is -1.94. The molecule has 2 aromatic carbocycles.